The van der Waals surface area contributed by atoms with Gasteiger partial charge in [-0.05, 0) is 28.7 Å². The third-order valence-electron chi connectivity index (χ3n) is 1.75. The Morgan fingerprint density at radius 3 is 2.67 bits per heavy atom. The Labute approximate surface area is 97.6 Å². The number of nitrogens with zero attached hydrogens (tertiary/aromatic N) is 1. The molecular weight excluding hydrogens is 321 g/mol. The van der Waals surface area contributed by atoms with Crippen LogP contribution in [-0.4, -0.2) is 16.1 Å². The van der Waals surface area contributed by atoms with Gasteiger partial charge in [0.05, 0.1) is 5.56 Å². The van der Waals surface area contributed by atoms with Crippen LogP contribution in [0.1, 0.15) is 28.0 Å². The summed E-state index contributed by atoms with van der Waals surface area (Å²) in [6.07, 6.45) is -2.79. The predicted molar refractivity (Wildman–Crippen MR) is 56.8 cm³/mol. The highest BCUT2D eigenvalue weighted by molar-refractivity contribution is 14.1. The fourth-order valence-corrected chi connectivity index (χ4v) is 1.85. The largest absolute Gasteiger partial charge is 0.478 e. The number of pyridine rings is 1. The maximum atomic E-state index is 12.3. The van der Waals surface area contributed by atoms with Crippen LogP contribution in [0.3, 0.4) is 0 Å². The average Bonchev–Trinajstić information content (AvgIpc) is 2.16. The van der Waals surface area contributed by atoms with Gasteiger partial charge in [-0.2, -0.15) is 0 Å². The van der Waals surface area contributed by atoms with E-state index in [-0.39, 0.29) is 21.4 Å². The van der Waals surface area contributed by atoms with Gasteiger partial charge in [0.25, 0.3) is 6.43 Å². The minimum Gasteiger partial charge on any atom is -0.478 e. The van der Waals surface area contributed by atoms with Gasteiger partial charge in [-0.3, -0.25) is 0 Å². The summed E-state index contributed by atoms with van der Waals surface area (Å²) in [6, 6.07) is 0.858. The summed E-state index contributed by atoms with van der Waals surface area (Å²) in [5.74, 6) is -1.28. The molecule has 0 aliphatic rings. The second-order valence-electron chi connectivity index (χ2n) is 2.67. The van der Waals surface area contributed by atoms with Crippen molar-refractivity contribution in [1.29, 1.82) is 0 Å². The lowest BCUT2D eigenvalue weighted by atomic mass is 10.1. The normalized spacial score (nSPS) is 10.7. The summed E-state index contributed by atoms with van der Waals surface area (Å²) in [5, 5.41) is 8.80. The van der Waals surface area contributed by atoms with E-state index in [0.717, 1.165) is 6.07 Å². The summed E-state index contributed by atoms with van der Waals surface area (Å²) in [7, 11) is 0. The number of carboxylic acid groups (broad SMARTS) is 1. The van der Waals surface area contributed by atoms with E-state index >= 15 is 0 Å². The molecule has 1 rings (SSSR count). The molecule has 0 amide bonds. The zero-order valence-electron chi connectivity index (χ0n) is 7.38. The van der Waals surface area contributed by atoms with Gasteiger partial charge in [0.15, 0.2) is 0 Å². The number of rotatable bonds is 3. The Balaban J connectivity index is 3.38. The molecule has 82 valence electrons. The van der Waals surface area contributed by atoms with Gasteiger partial charge in [0, 0.05) is 12.1 Å². The van der Waals surface area contributed by atoms with Gasteiger partial charge in [0.2, 0.25) is 0 Å². The summed E-state index contributed by atoms with van der Waals surface area (Å²) >= 11 is 1.69. The molecule has 0 saturated heterocycles. The third kappa shape index (κ3) is 2.59. The standard InChI is InChI=1S/C8H7F2IN2O2/c9-6(10)5-1-3(8(14)15)4(2-12)7(11)13-5/h1,6H,2,12H2,(H,14,15). The Morgan fingerprint density at radius 2 is 2.27 bits per heavy atom. The van der Waals surface area contributed by atoms with Crippen LogP contribution in [0.25, 0.3) is 0 Å². The van der Waals surface area contributed by atoms with E-state index in [1.165, 1.54) is 0 Å². The zero-order chi connectivity index (χ0) is 11.6. The van der Waals surface area contributed by atoms with Gasteiger partial charge in [-0.15, -0.1) is 0 Å². The Kier molecular flexibility index (Phi) is 3.91. The van der Waals surface area contributed by atoms with E-state index in [2.05, 4.69) is 4.98 Å². The lowest BCUT2D eigenvalue weighted by molar-refractivity contribution is 0.0694. The summed E-state index contributed by atoms with van der Waals surface area (Å²) < 4.78 is 24.9. The minimum atomic E-state index is -2.79. The number of halogens is 3. The molecule has 4 nitrogen and oxygen atoms in total. The number of hydrogen-bond donors (Lipinski definition) is 2. The van der Waals surface area contributed by atoms with E-state index in [9.17, 15) is 13.6 Å². The van der Waals surface area contributed by atoms with Crippen molar-refractivity contribution in [1.82, 2.24) is 4.98 Å². The Morgan fingerprint density at radius 1 is 1.67 bits per heavy atom. The topological polar surface area (TPSA) is 76.2 Å². The van der Waals surface area contributed by atoms with Crippen LogP contribution < -0.4 is 5.73 Å². The number of hydrogen-bond acceptors (Lipinski definition) is 3. The smallest absolute Gasteiger partial charge is 0.336 e. The molecular formula is C8H7F2IN2O2. The quantitative estimate of drug-likeness (QED) is 0.655. The summed E-state index contributed by atoms with van der Waals surface area (Å²) in [5.41, 5.74) is 4.83. The molecule has 0 aliphatic heterocycles. The van der Waals surface area contributed by atoms with Crippen molar-refractivity contribution in [2.45, 2.75) is 13.0 Å². The molecule has 7 heteroatoms. The van der Waals surface area contributed by atoms with Crippen LogP contribution in [0.2, 0.25) is 0 Å². The monoisotopic (exact) mass is 328 g/mol. The number of carbonyl (C=O) groups is 1. The van der Waals surface area contributed by atoms with Gasteiger partial charge >= 0.3 is 5.97 Å². The van der Waals surface area contributed by atoms with Crippen LogP contribution in [0.4, 0.5) is 8.78 Å². The number of carboxylic acids is 1. The molecule has 1 aromatic rings. The lowest BCUT2D eigenvalue weighted by Crippen LogP contribution is -2.12. The van der Waals surface area contributed by atoms with Crippen molar-refractivity contribution >= 4 is 28.6 Å². The molecule has 0 aliphatic carbocycles. The van der Waals surface area contributed by atoms with Crippen molar-refractivity contribution in [3.8, 4) is 0 Å². The van der Waals surface area contributed by atoms with Crippen molar-refractivity contribution in [2.24, 2.45) is 5.73 Å². The highest BCUT2D eigenvalue weighted by atomic mass is 127. The fraction of sp³-hybridized carbons (Fsp3) is 0.250. The van der Waals surface area contributed by atoms with Crippen molar-refractivity contribution in [2.75, 3.05) is 0 Å². The predicted octanol–water partition coefficient (Wildman–Crippen LogP) is 1.78. The minimum absolute atomic E-state index is 0.0452. The second kappa shape index (κ2) is 4.79. The van der Waals surface area contributed by atoms with Crippen molar-refractivity contribution in [3.05, 3.63) is 26.6 Å². The van der Waals surface area contributed by atoms with E-state index < -0.39 is 18.1 Å². The van der Waals surface area contributed by atoms with Gasteiger partial charge in [-0.25, -0.2) is 18.6 Å². The molecule has 0 spiro atoms. The number of alkyl halides is 2. The van der Waals surface area contributed by atoms with Crippen LogP contribution in [0.5, 0.6) is 0 Å². The van der Waals surface area contributed by atoms with Crippen LogP contribution in [-0.2, 0) is 6.54 Å². The first-order valence-electron chi connectivity index (χ1n) is 3.88. The van der Waals surface area contributed by atoms with Crippen LogP contribution >= 0.6 is 22.6 Å². The Bertz CT molecular complexity index is 398. The van der Waals surface area contributed by atoms with Crippen LogP contribution in [0, 0.1) is 3.70 Å². The molecule has 15 heavy (non-hydrogen) atoms. The first-order chi connectivity index (χ1) is 6.97. The summed E-state index contributed by atoms with van der Waals surface area (Å²) in [6.45, 7) is -0.0452. The molecule has 0 radical (unpaired) electrons. The SMILES string of the molecule is NCc1c(C(=O)O)cc(C(F)F)nc1I. The molecule has 0 saturated carbocycles. The highest BCUT2D eigenvalue weighted by Crippen LogP contribution is 2.23. The zero-order valence-corrected chi connectivity index (χ0v) is 9.53. The number of aromatic nitrogens is 1. The van der Waals surface area contributed by atoms with Gasteiger partial charge in [0.1, 0.15) is 9.39 Å². The molecule has 0 unspecified atom stereocenters. The highest BCUT2D eigenvalue weighted by Gasteiger charge is 2.19. The Hall–Kier alpha value is -0.830. The van der Waals surface area contributed by atoms with E-state index in [1.807, 2.05) is 0 Å². The number of nitrogens with two attached hydrogens (primary N) is 1. The number of aromatic carboxylic acids is 1. The molecule has 1 heterocycles. The molecule has 0 atom stereocenters. The van der Waals surface area contributed by atoms with Gasteiger partial charge < -0.3 is 10.8 Å². The van der Waals surface area contributed by atoms with Crippen LogP contribution in [0.15, 0.2) is 6.07 Å². The van der Waals surface area contributed by atoms with Crippen molar-refractivity contribution in [3.63, 3.8) is 0 Å². The van der Waals surface area contributed by atoms with Gasteiger partial charge in [-0.1, -0.05) is 0 Å². The molecule has 0 fully saturated rings. The van der Waals surface area contributed by atoms with E-state index in [0.29, 0.717) is 0 Å². The second-order valence-corrected chi connectivity index (χ2v) is 3.70. The van der Waals surface area contributed by atoms with E-state index in [4.69, 9.17) is 10.8 Å². The lowest BCUT2D eigenvalue weighted by Gasteiger charge is -2.08. The molecule has 1 aromatic heterocycles. The maximum Gasteiger partial charge on any atom is 0.336 e. The average molecular weight is 328 g/mol. The van der Waals surface area contributed by atoms with E-state index in [1.54, 1.807) is 22.6 Å². The fourth-order valence-electron chi connectivity index (χ4n) is 1.06. The third-order valence-corrected chi connectivity index (χ3v) is 2.64. The molecule has 0 aromatic carbocycles. The maximum absolute atomic E-state index is 12.3. The first-order valence-corrected chi connectivity index (χ1v) is 4.96. The molecule has 3 N–H and O–H groups in total. The first kappa shape index (κ1) is 12.2. The summed E-state index contributed by atoms with van der Waals surface area (Å²) in [4.78, 5) is 14.4. The van der Waals surface area contributed by atoms with Crippen molar-refractivity contribution < 1.29 is 18.7 Å². The molecule has 0 bridgehead atoms.